The zero-order valence-corrected chi connectivity index (χ0v) is 16.7. The zero-order valence-electron chi connectivity index (χ0n) is 15.9. The molecule has 1 aliphatic heterocycles. The van der Waals surface area contributed by atoms with E-state index in [1.165, 1.54) is 34.9 Å². The fourth-order valence-corrected chi connectivity index (χ4v) is 3.92. The molecule has 0 aliphatic carbocycles. The van der Waals surface area contributed by atoms with Gasteiger partial charge in [0.15, 0.2) is 0 Å². The van der Waals surface area contributed by atoms with Crippen LogP contribution in [-0.2, 0) is 11.0 Å². The molecule has 3 rings (SSSR count). The molecule has 0 bridgehead atoms. The number of nitrogens with zero attached hydrogens (tertiary/aromatic N) is 2. The molecule has 154 valence electrons. The Morgan fingerprint density at radius 1 is 0.931 bits per heavy atom. The van der Waals surface area contributed by atoms with Gasteiger partial charge in [-0.15, -0.1) is 11.8 Å². The normalized spacial score (nSPS) is 14.8. The van der Waals surface area contributed by atoms with Gasteiger partial charge in [-0.05, 0) is 31.2 Å². The van der Waals surface area contributed by atoms with Crippen LogP contribution >= 0.6 is 11.8 Å². The molecular weight excluding hydrogens is 401 g/mol. The predicted octanol–water partition coefficient (Wildman–Crippen LogP) is 4.09. The molecule has 0 aromatic heterocycles. The van der Waals surface area contributed by atoms with Crippen LogP contribution in [0.3, 0.4) is 0 Å². The molecule has 1 heterocycles. The highest BCUT2D eigenvalue weighted by atomic mass is 32.2. The van der Waals surface area contributed by atoms with E-state index in [1.54, 1.807) is 4.90 Å². The van der Waals surface area contributed by atoms with Crippen LogP contribution in [0.2, 0.25) is 0 Å². The van der Waals surface area contributed by atoms with Crippen molar-refractivity contribution in [1.29, 1.82) is 0 Å². The minimum absolute atomic E-state index is 0.0432. The number of aryl methyl sites for hydroxylation is 1. The third kappa shape index (κ3) is 5.32. The zero-order chi connectivity index (χ0) is 21.0. The predicted molar refractivity (Wildman–Crippen MR) is 106 cm³/mol. The molecule has 1 aliphatic rings. The Labute approximate surface area is 171 Å². The fraction of sp³-hybridized carbons (Fsp3) is 0.333. The number of carbonyl (C=O) groups is 2. The van der Waals surface area contributed by atoms with Gasteiger partial charge in [-0.3, -0.25) is 9.59 Å². The van der Waals surface area contributed by atoms with E-state index in [1.807, 2.05) is 31.2 Å². The van der Waals surface area contributed by atoms with Crippen molar-refractivity contribution in [2.24, 2.45) is 0 Å². The molecule has 2 aromatic rings. The van der Waals surface area contributed by atoms with Gasteiger partial charge in [-0.1, -0.05) is 29.8 Å². The average molecular weight is 422 g/mol. The van der Waals surface area contributed by atoms with Crippen molar-refractivity contribution in [2.75, 3.05) is 31.9 Å². The number of halogens is 3. The molecule has 2 amide bonds. The number of hydrogen-bond donors (Lipinski definition) is 0. The van der Waals surface area contributed by atoms with E-state index in [0.717, 1.165) is 16.5 Å². The van der Waals surface area contributed by atoms with Crippen LogP contribution < -0.4 is 0 Å². The minimum atomic E-state index is -4.59. The van der Waals surface area contributed by atoms with Crippen molar-refractivity contribution in [3.05, 3.63) is 65.2 Å². The molecule has 4 nitrogen and oxygen atoms in total. The van der Waals surface area contributed by atoms with Gasteiger partial charge in [0.25, 0.3) is 5.91 Å². The first-order chi connectivity index (χ1) is 13.8. The first-order valence-corrected chi connectivity index (χ1v) is 10.2. The molecule has 0 N–H and O–H groups in total. The molecule has 0 radical (unpaired) electrons. The number of thioether (sulfide) groups is 1. The van der Waals surface area contributed by atoms with E-state index < -0.39 is 17.6 Å². The fourth-order valence-electron chi connectivity index (χ4n) is 3.12. The molecule has 0 atom stereocenters. The van der Waals surface area contributed by atoms with Crippen LogP contribution in [0.5, 0.6) is 0 Å². The Morgan fingerprint density at radius 2 is 1.52 bits per heavy atom. The van der Waals surface area contributed by atoms with Gasteiger partial charge >= 0.3 is 6.18 Å². The summed E-state index contributed by atoms with van der Waals surface area (Å²) in [6, 6.07) is 12.7. The monoisotopic (exact) mass is 422 g/mol. The van der Waals surface area contributed by atoms with E-state index in [2.05, 4.69) is 0 Å². The minimum Gasteiger partial charge on any atom is -0.338 e. The number of rotatable bonds is 4. The van der Waals surface area contributed by atoms with E-state index in [-0.39, 0.29) is 30.3 Å². The highest BCUT2D eigenvalue weighted by molar-refractivity contribution is 8.00. The molecule has 0 spiro atoms. The topological polar surface area (TPSA) is 40.6 Å². The summed E-state index contributed by atoms with van der Waals surface area (Å²) in [6.07, 6.45) is -4.59. The third-order valence-electron chi connectivity index (χ3n) is 4.77. The Bertz CT molecular complexity index is 876. The SMILES string of the molecule is Cc1ccc(SCC(=O)N2CCN(C(=O)c3ccccc3C(F)(F)F)CC2)cc1. The second-order valence-corrected chi connectivity index (χ2v) is 7.87. The summed E-state index contributed by atoms with van der Waals surface area (Å²) in [5.41, 5.74) is -0.138. The summed E-state index contributed by atoms with van der Waals surface area (Å²) >= 11 is 1.44. The summed E-state index contributed by atoms with van der Waals surface area (Å²) < 4.78 is 39.5. The van der Waals surface area contributed by atoms with Gasteiger partial charge in [-0.25, -0.2) is 0 Å². The molecule has 2 aromatic carbocycles. The van der Waals surface area contributed by atoms with Gasteiger partial charge in [-0.2, -0.15) is 13.2 Å². The van der Waals surface area contributed by atoms with Crippen molar-refractivity contribution in [3.63, 3.8) is 0 Å². The summed E-state index contributed by atoms with van der Waals surface area (Å²) in [7, 11) is 0. The van der Waals surface area contributed by atoms with Crippen molar-refractivity contribution in [3.8, 4) is 0 Å². The maximum absolute atomic E-state index is 13.2. The van der Waals surface area contributed by atoms with Gasteiger partial charge in [0, 0.05) is 31.1 Å². The summed E-state index contributed by atoms with van der Waals surface area (Å²) in [5, 5.41) is 0. The summed E-state index contributed by atoms with van der Waals surface area (Å²) in [5.74, 6) is -0.411. The number of carbonyl (C=O) groups excluding carboxylic acids is 2. The molecule has 8 heteroatoms. The lowest BCUT2D eigenvalue weighted by molar-refractivity contribution is -0.138. The lowest BCUT2D eigenvalue weighted by Gasteiger charge is -2.35. The van der Waals surface area contributed by atoms with Crippen LogP contribution in [0, 0.1) is 6.92 Å². The Kier molecular flexibility index (Phi) is 6.52. The van der Waals surface area contributed by atoms with Crippen LogP contribution in [0.4, 0.5) is 13.2 Å². The number of amides is 2. The van der Waals surface area contributed by atoms with E-state index in [9.17, 15) is 22.8 Å². The quantitative estimate of drug-likeness (QED) is 0.697. The largest absolute Gasteiger partial charge is 0.417 e. The first kappa shape index (κ1) is 21.2. The summed E-state index contributed by atoms with van der Waals surface area (Å²) in [4.78, 5) is 29.1. The van der Waals surface area contributed by atoms with E-state index in [0.29, 0.717) is 13.1 Å². The van der Waals surface area contributed by atoms with Crippen molar-refractivity contribution in [1.82, 2.24) is 9.80 Å². The van der Waals surface area contributed by atoms with E-state index in [4.69, 9.17) is 0 Å². The van der Waals surface area contributed by atoms with Gasteiger partial charge in [0.1, 0.15) is 0 Å². The molecular formula is C21H21F3N2O2S. The number of alkyl halides is 3. The van der Waals surface area contributed by atoms with Crippen LogP contribution in [0.1, 0.15) is 21.5 Å². The molecule has 0 unspecified atom stereocenters. The summed E-state index contributed by atoms with van der Waals surface area (Å²) in [6.45, 7) is 3.05. The highest BCUT2D eigenvalue weighted by Crippen LogP contribution is 2.32. The van der Waals surface area contributed by atoms with Gasteiger partial charge < -0.3 is 9.80 Å². The first-order valence-electron chi connectivity index (χ1n) is 9.18. The third-order valence-corrected chi connectivity index (χ3v) is 5.76. The smallest absolute Gasteiger partial charge is 0.338 e. The second-order valence-electron chi connectivity index (χ2n) is 6.82. The molecule has 1 saturated heterocycles. The maximum atomic E-state index is 13.2. The number of piperazine rings is 1. The van der Waals surface area contributed by atoms with Crippen LogP contribution in [0.25, 0.3) is 0 Å². The lowest BCUT2D eigenvalue weighted by atomic mass is 10.1. The second kappa shape index (κ2) is 8.90. The Morgan fingerprint density at radius 3 is 2.14 bits per heavy atom. The van der Waals surface area contributed by atoms with Crippen LogP contribution in [0.15, 0.2) is 53.4 Å². The highest BCUT2D eigenvalue weighted by Gasteiger charge is 2.36. The number of benzene rings is 2. The van der Waals surface area contributed by atoms with Gasteiger partial charge in [0.2, 0.25) is 5.91 Å². The van der Waals surface area contributed by atoms with Crippen molar-refractivity contribution >= 4 is 23.6 Å². The number of hydrogen-bond acceptors (Lipinski definition) is 3. The lowest BCUT2D eigenvalue weighted by Crippen LogP contribution is -2.51. The van der Waals surface area contributed by atoms with Crippen molar-refractivity contribution < 1.29 is 22.8 Å². The Hall–Kier alpha value is -2.48. The molecule has 29 heavy (non-hydrogen) atoms. The maximum Gasteiger partial charge on any atom is 0.417 e. The molecule has 1 fully saturated rings. The average Bonchev–Trinajstić information content (AvgIpc) is 2.72. The standard InChI is InChI=1S/C21H21F3N2O2S/c1-15-6-8-16(9-7-15)29-14-19(27)25-10-12-26(13-11-25)20(28)17-4-2-3-5-18(17)21(22,23)24/h2-9H,10-14H2,1H3. The van der Waals surface area contributed by atoms with Crippen molar-refractivity contribution in [2.45, 2.75) is 18.0 Å². The van der Waals surface area contributed by atoms with Crippen LogP contribution in [-0.4, -0.2) is 53.5 Å². The van der Waals surface area contributed by atoms with Gasteiger partial charge in [0.05, 0.1) is 16.9 Å². The Balaban J connectivity index is 1.56. The molecule has 0 saturated carbocycles. The van der Waals surface area contributed by atoms with E-state index >= 15 is 0 Å².